The minimum Gasteiger partial charge on any atom is -0.454 e. The number of nitro benzene ring substituents is 1. The molecular weight excluding hydrogens is 462 g/mol. The van der Waals surface area contributed by atoms with Gasteiger partial charge in [0.25, 0.3) is 17.4 Å². The molecule has 0 saturated heterocycles. The van der Waals surface area contributed by atoms with Crippen LogP contribution >= 0.6 is 0 Å². The van der Waals surface area contributed by atoms with Crippen molar-refractivity contribution in [2.75, 3.05) is 0 Å². The van der Waals surface area contributed by atoms with E-state index in [-0.39, 0.29) is 34.1 Å². The van der Waals surface area contributed by atoms with Crippen LogP contribution in [-0.4, -0.2) is 26.7 Å². The van der Waals surface area contributed by atoms with Crippen LogP contribution in [0.3, 0.4) is 0 Å². The molecule has 1 aromatic heterocycles. The number of fused-ring (bicyclic) bond motifs is 6. The van der Waals surface area contributed by atoms with Crippen LogP contribution in [-0.2, 0) is 11.3 Å². The number of carbonyl (C=O) groups is 2. The molecule has 2 heterocycles. The Hall–Kier alpha value is -4.50. The lowest BCUT2D eigenvalue weighted by Gasteiger charge is -2.34. The Labute approximate surface area is 204 Å². The number of benzene rings is 3. The lowest BCUT2D eigenvalue weighted by Crippen LogP contribution is -2.60. The van der Waals surface area contributed by atoms with Gasteiger partial charge in [-0.1, -0.05) is 56.3 Å². The zero-order valence-electron chi connectivity index (χ0n) is 19.4. The van der Waals surface area contributed by atoms with Crippen LogP contribution in [0.4, 0.5) is 5.69 Å². The van der Waals surface area contributed by atoms with Crippen LogP contribution in [0.25, 0.3) is 10.9 Å². The second kappa shape index (κ2) is 7.25. The summed E-state index contributed by atoms with van der Waals surface area (Å²) in [6, 6.07) is 18.0. The first-order chi connectivity index (χ1) is 17.2. The van der Waals surface area contributed by atoms with E-state index in [1.807, 2.05) is 38.1 Å². The second-order valence-corrected chi connectivity index (χ2v) is 9.42. The maximum atomic E-state index is 14.1. The molecule has 0 bridgehead atoms. The van der Waals surface area contributed by atoms with Crippen LogP contribution in [0.5, 0.6) is 5.75 Å². The zero-order valence-corrected chi connectivity index (χ0v) is 19.4. The summed E-state index contributed by atoms with van der Waals surface area (Å²) in [5, 5.41) is 27.3. The summed E-state index contributed by atoms with van der Waals surface area (Å²) in [5.74, 6) is -3.50. The lowest BCUT2D eigenvalue weighted by molar-refractivity contribution is -0.385. The maximum Gasteiger partial charge on any atom is 0.280 e. The predicted molar refractivity (Wildman–Crippen MR) is 130 cm³/mol. The Bertz CT molecular complexity index is 1590. The molecule has 6 rings (SSSR count). The van der Waals surface area contributed by atoms with Gasteiger partial charge in [0.15, 0.2) is 0 Å². The highest BCUT2D eigenvalue weighted by Crippen LogP contribution is 2.59. The number of aromatic nitrogens is 1. The molecule has 3 N–H and O–H groups in total. The van der Waals surface area contributed by atoms with Crippen LogP contribution in [0.1, 0.15) is 57.3 Å². The molecule has 3 aromatic carbocycles. The van der Waals surface area contributed by atoms with E-state index in [1.54, 1.807) is 24.3 Å². The van der Waals surface area contributed by atoms with Gasteiger partial charge in [0, 0.05) is 28.1 Å². The molecule has 0 spiro atoms. The first kappa shape index (κ1) is 22.0. The monoisotopic (exact) mass is 483 g/mol. The number of ketones is 1. The molecule has 1 amide bonds. The molecule has 9 heteroatoms. The van der Waals surface area contributed by atoms with Gasteiger partial charge in [-0.15, -0.1) is 0 Å². The van der Waals surface area contributed by atoms with Gasteiger partial charge < -0.3 is 20.1 Å². The van der Waals surface area contributed by atoms with Crippen molar-refractivity contribution in [3.8, 4) is 5.75 Å². The molecule has 4 aromatic rings. The Morgan fingerprint density at radius 3 is 2.58 bits per heavy atom. The SMILES string of the molecule is CC(C)c1ccc2c(c1)OC1(O)c3cccc([N+](=O)[O-])c3C(=O)C21NC(=O)c1cc2ccccc2[nH]1. The number of hydrogen-bond acceptors (Lipinski definition) is 6. The van der Waals surface area contributed by atoms with Gasteiger partial charge in [-0.25, -0.2) is 0 Å². The molecule has 2 atom stereocenters. The van der Waals surface area contributed by atoms with Crippen molar-refractivity contribution in [1.29, 1.82) is 0 Å². The minimum absolute atomic E-state index is 0.0686. The number of ether oxygens (including phenoxy) is 1. The molecule has 180 valence electrons. The number of amides is 1. The fraction of sp³-hybridized carbons (Fsp3) is 0.185. The minimum atomic E-state index is -2.38. The quantitative estimate of drug-likeness (QED) is 0.293. The third kappa shape index (κ3) is 2.68. The topological polar surface area (TPSA) is 135 Å². The van der Waals surface area contributed by atoms with E-state index in [0.717, 1.165) is 16.5 Å². The van der Waals surface area contributed by atoms with Crippen molar-refractivity contribution >= 4 is 28.3 Å². The number of Topliss-reactive ketones (excluding diaryl/α,β-unsaturated/α-hetero) is 1. The summed E-state index contributed by atoms with van der Waals surface area (Å²) in [6.45, 7) is 3.98. The number of H-pyrrole nitrogens is 1. The van der Waals surface area contributed by atoms with E-state index >= 15 is 0 Å². The van der Waals surface area contributed by atoms with E-state index in [0.29, 0.717) is 0 Å². The van der Waals surface area contributed by atoms with Crippen molar-refractivity contribution in [2.24, 2.45) is 0 Å². The van der Waals surface area contributed by atoms with Gasteiger partial charge >= 0.3 is 0 Å². The highest BCUT2D eigenvalue weighted by Gasteiger charge is 2.73. The fourth-order valence-electron chi connectivity index (χ4n) is 5.29. The van der Waals surface area contributed by atoms with Gasteiger partial charge in [0.2, 0.25) is 11.3 Å². The van der Waals surface area contributed by atoms with E-state index < -0.39 is 33.6 Å². The first-order valence-corrected chi connectivity index (χ1v) is 11.5. The number of rotatable bonds is 4. The van der Waals surface area contributed by atoms with Crippen LogP contribution in [0.2, 0.25) is 0 Å². The Kier molecular flexibility index (Phi) is 4.43. The van der Waals surface area contributed by atoms with Gasteiger partial charge in [0.05, 0.1) is 4.92 Å². The molecule has 1 aliphatic heterocycles. The first-order valence-electron chi connectivity index (χ1n) is 11.5. The normalized spacial score (nSPS) is 21.7. The number of para-hydroxylation sites is 1. The third-order valence-corrected chi connectivity index (χ3v) is 7.09. The molecule has 0 radical (unpaired) electrons. The summed E-state index contributed by atoms with van der Waals surface area (Å²) < 4.78 is 6.03. The second-order valence-electron chi connectivity index (χ2n) is 9.42. The highest BCUT2D eigenvalue weighted by molar-refractivity contribution is 6.15. The maximum absolute atomic E-state index is 14.1. The summed E-state index contributed by atoms with van der Waals surface area (Å²) in [6.07, 6.45) is 0. The Morgan fingerprint density at radius 2 is 1.86 bits per heavy atom. The molecule has 2 unspecified atom stereocenters. The van der Waals surface area contributed by atoms with Crippen LogP contribution in [0, 0.1) is 10.1 Å². The lowest BCUT2D eigenvalue weighted by atomic mass is 9.82. The molecule has 1 aliphatic carbocycles. The Balaban J connectivity index is 1.57. The molecule has 36 heavy (non-hydrogen) atoms. The van der Waals surface area contributed by atoms with E-state index in [1.165, 1.54) is 18.2 Å². The molecular formula is C27H21N3O6. The molecule has 0 saturated carbocycles. The van der Waals surface area contributed by atoms with Crippen LogP contribution in [0.15, 0.2) is 66.7 Å². The van der Waals surface area contributed by atoms with Crippen LogP contribution < -0.4 is 10.1 Å². The number of nitro groups is 1. The average Bonchev–Trinajstić information content (AvgIpc) is 3.45. The van der Waals surface area contributed by atoms with Crippen molar-refractivity contribution in [2.45, 2.75) is 31.1 Å². The third-order valence-electron chi connectivity index (χ3n) is 7.09. The van der Waals surface area contributed by atoms with Crippen molar-refractivity contribution < 1.29 is 24.4 Å². The van der Waals surface area contributed by atoms with Gasteiger partial charge in [-0.3, -0.25) is 19.7 Å². The fourth-order valence-corrected chi connectivity index (χ4v) is 5.29. The summed E-state index contributed by atoms with van der Waals surface area (Å²) in [4.78, 5) is 41.8. The largest absolute Gasteiger partial charge is 0.454 e. The standard InChI is InChI=1S/C27H21N3O6/c1-14(2)15-10-11-17-22(13-15)36-27(33)18-7-5-9-21(30(34)35)23(18)24(31)26(17,27)29-25(32)20-12-16-6-3-4-8-19(16)28-20/h3-14,28,33H,1-2H3,(H,29,32). The average molecular weight is 483 g/mol. The van der Waals surface area contributed by atoms with Crippen molar-refractivity contribution in [1.82, 2.24) is 10.3 Å². The van der Waals surface area contributed by atoms with Crippen molar-refractivity contribution in [3.05, 3.63) is 105 Å². The number of aromatic amines is 1. The van der Waals surface area contributed by atoms with E-state index in [4.69, 9.17) is 4.74 Å². The predicted octanol–water partition coefficient (Wildman–Crippen LogP) is 4.26. The van der Waals surface area contributed by atoms with Gasteiger partial charge in [0.1, 0.15) is 17.0 Å². The van der Waals surface area contributed by atoms with Gasteiger partial charge in [-0.2, -0.15) is 0 Å². The van der Waals surface area contributed by atoms with E-state index in [2.05, 4.69) is 10.3 Å². The molecule has 9 nitrogen and oxygen atoms in total. The molecule has 0 fully saturated rings. The zero-order chi connectivity index (χ0) is 25.4. The summed E-state index contributed by atoms with van der Waals surface area (Å²) in [5.41, 5.74) is -0.934. The number of nitrogens with one attached hydrogen (secondary N) is 2. The van der Waals surface area contributed by atoms with E-state index in [9.17, 15) is 24.8 Å². The van der Waals surface area contributed by atoms with Gasteiger partial charge in [-0.05, 0) is 29.7 Å². The molecule has 2 aliphatic rings. The number of carbonyl (C=O) groups excluding carboxylic acids is 2. The number of hydrogen-bond donors (Lipinski definition) is 3. The van der Waals surface area contributed by atoms with Crippen molar-refractivity contribution in [3.63, 3.8) is 0 Å². The number of nitrogens with zero attached hydrogens (tertiary/aromatic N) is 1. The summed E-state index contributed by atoms with van der Waals surface area (Å²) in [7, 11) is 0. The smallest absolute Gasteiger partial charge is 0.280 e. The number of aliphatic hydroxyl groups is 1. The highest BCUT2D eigenvalue weighted by atomic mass is 16.6. The Morgan fingerprint density at radius 1 is 1.08 bits per heavy atom. The summed E-state index contributed by atoms with van der Waals surface area (Å²) >= 11 is 0.